The lowest BCUT2D eigenvalue weighted by Crippen LogP contribution is -2.57. The van der Waals surface area contributed by atoms with Gasteiger partial charge in [-0.25, -0.2) is 4.79 Å². The number of nitrogens with one attached hydrogen (secondary N) is 2. The van der Waals surface area contributed by atoms with Crippen molar-refractivity contribution >= 4 is 35.1 Å². The van der Waals surface area contributed by atoms with Crippen molar-refractivity contribution in [2.24, 2.45) is 5.92 Å². The molecule has 3 rings (SSSR count). The van der Waals surface area contributed by atoms with Gasteiger partial charge in [-0.2, -0.15) is 0 Å². The number of piperazine rings is 1. The fourth-order valence-corrected chi connectivity index (χ4v) is 3.99. The van der Waals surface area contributed by atoms with E-state index >= 15 is 0 Å². The predicted molar refractivity (Wildman–Crippen MR) is 135 cm³/mol. The molecule has 0 aliphatic carbocycles. The van der Waals surface area contributed by atoms with Crippen molar-refractivity contribution in [2.45, 2.75) is 39.7 Å². The lowest BCUT2D eigenvalue weighted by Gasteiger charge is -2.37. The third-order valence-corrected chi connectivity index (χ3v) is 6.62. The van der Waals surface area contributed by atoms with Crippen LogP contribution in [0.1, 0.15) is 43.1 Å². The minimum atomic E-state index is -0.613. The molecule has 7 nitrogen and oxygen atoms in total. The van der Waals surface area contributed by atoms with Gasteiger partial charge in [0.25, 0.3) is 5.91 Å². The van der Waals surface area contributed by atoms with E-state index in [9.17, 15) is 14.4 Å². The van der Waals surface area contributed by atoms with Gasteiger partial charge in [-0.3, -0.25) is 9.59 Å². The summed E-state index contributed by atoms with van der Waals surface area (Å²) < 4.78 is 0. The maximum atomic E-state index is 13.3. The van der Waals surface area contributed by atoms with E-state index in [1.807, 2.05) is 26.0 Å². The molecule has 2 aromatic rings. The fraction of sp³-hybridized carbons (Fsp3) is 0.423. The summed E-state index contributed by atoms with van der Waals surface area (Å²) in [5, 5.41) is 6.41. The molecule has 4 amide bonds. The molecule has 1 saturated heterocycles. The third kappa shape index (κ3) is 6.50. The van der Waals surface area contributed by atoms with Crippen molar-refractivity contribution in [3.63, 3.8) is 0 Å². The van der Waals surface area contributed by atoms with Gasteiger partial charge in [-0.1, -0.05) is 50.9 Å². The highest BCUT2D eigenvalue weighted by atomic mass is 35.5. The molecule has 0 radical (unpaired) electrons. The molecule has 34 heavy (non-hydrogen) atoms. The molecule has 8 heteroatoms. The normalized spacial score (nSPS) is 15.4. The molecular weight excluding hydrogens is 452 g/mol. The van der Waals surface area contributed by atoms with Crippen LogP contribution in [0.4, 0.5) is 10.5 Å². The second-order valence-electron chi connectivity index (χ2n) is 8.64. The van der Waals surface area contributed by atoms with Crippen molar-refractivity contribution in [1.82, 2.24) is 15.1 Å². The lowest BCUT2D eigenvalue weighted by atomic mass is 9.97. The van der Waals surface area contributed by atoms with Gasteiger partial charge in [0.2, 0.25) is 5.91 Å². The standard InChI is InChI=1S/C26H33ClN4O3/c1-4-18(3)23(29-24(32)20-8-6-19(5-2)7-9-20)25(33)30-14-16-31(17-15-30)26(34)28-22-12-10-21(27)11-13-22/h6-13,18,23H,4-5,14-17H2,1-3H3,(H,28,34)(H,29,32). The van der Waals surface area contributed by atoms with Crippen LogP contribution in [0, 0.1) is 5.92 Å². The van der Waals surface area contributed by atoms with Crippen molar-refractivity contribution in [3.8, 4) is 0 Å². The second kappa shape index (κ2) is 11.9. The molecule has 1 aliphatic heterocycles. The summed E-state index contributed by atoms with van der Waals surface area (Å²) in [6.07, 6.45) is 1.66. The first-order valence-corrected chi connectivity index (χ1v) is 12.2. The largest absolute Gasteiger partial charge is 0.340 e. The summed E-state index contributed by atoms with van der Waals surface area (Å²) in [5.74, 6) is -0.370. The van der Waals surface area contributed by atoms with Gasteiger partial charge in [-0.15, -0.1) is 0 Å². The highest BCUT2D eigenvalue weighted by molar-refractivity contribution is 6.30. The molecule has 182 valence electrons. The Balaban J connectivity index is 1.58. The Labute approximate surface area is 206 Å². The summed E-state index contributed by atoms with van der Waals surface area (Å²) >= 11 is 5.89. The van der Waals surface area contributed by atoms with E-state index in [1.54, 1.807) is 46.2 Å². The van der Waals surface area contributed by atoms with Crippen molar-refractivity contribution in [1.29, 1.82) is 0 Å². The quantitative estimate of drug-likeness (QED) is 0.610. The minimum absolute atomic E-state index is 0.0161. The Hall–Kier alpha value is -3.06. The molecule has 2 atom stereocenters. The molecule has 1 aliphatic rings. The van der Waals surface area contributed by atoms with Crippen LogP contribution >= 0.6 is 11.6 Å². The van der Waals surface area contributed by atoms with Crippen LogP contribution in [0.25, 0.3) is 0 Å². The van der Waals surface area contributed by atoms with E-state index in [0.717, 1.165) is 18.4 Å². The number of hydrogen-bond acceptors (Lipinski definition) is 3. The van der Waals surface area contributed by atoms with Gasteiger partial charge < -0.3 is 20.4 Å². The summed E-state index contributed by atoms with van der Waals surface area (Å²) in [6, 6.07) is 13.6. The molecule has 0 aromatic heterocycles. The van der Waals surface area contributed by atoms with E-state index in [0.29, 0.717) is 42.5 Å². The van der Waals surface area contributed by atoms with Gasteiger partial charge in [0.1, 0.15) is 6.04 Å². The van der Waals surface area contributed by atoms with E-state index in [-0.39, 0.29) is 23.8 Å². The van der Waals surface area contributed by atoms with Crippen LogP contribution < -0.4 is 10.6 Å². The number of hydrogen-bond donors (Lipinski definition) is 2. The van der Waals surface area contributed by atoms with Crippen molar-refractivity contribution < 1.29 is 14.4 Å². The Morgan fingerprint density at radius 1 is 0.912 bits per heavy atom. The van der Waals surface area contributed by atoms with Gasteiger partial charge in [0.15, 0.2) is 0 Å². The Morgan fingerprint density at radius 3 is 2.06 bits per heavy atom. The van der Waals surface area contributed by atoms with E-state index in [1.165, 1.54) is 0 Å². The number of aryl methyl sites for hydroxylation is 1. The van der Waals surface area contributed by atoms with Crippen LogP contribution in [0.2, 0.25) is 5.02 Å². The van der Waals surface area contributed by atoms with Gasteiger partial charge in [-0.05, 0) is 54.3 Å². The molecule has 2 aromatic carbocycles. The number of rotatable bonds is 7. The number of urea groups is 1. The summed E-state index contributed by atoms with van der Waals surface area (Å²) in [5.41, 5.74) is 2.37. The predicted octanol–water partition coefficient (Wildman–Crippen LogP) is 4.42. The molecule has 1 fully saturated rings. The molecule has 0 bridgehead atoms. The minimum Gasteiger partial charge on any atom is -0.340 e. The lowest BCUT2D eigenvalue weighted by molar-refractivity contribution is -0.135. The fourth-order valence-electron chi connectivity index (χ4n) is 3.86. The first kappa shape index (κ1) is 25.6. The topological polar surface area (TPSA) is 81.8 Å². The van der Waals surface area contributed by atoms with Crippen LogP contribution in [-0.2, 0) is 11.2 Å². The molecule has 2 N–H and O–H groups in total. The highest BCUT2D eigenvalue weighted by Gasteiger charge is 2.32. The number of anilines is 1. The summed E-state index contributed by atoms with van der Waals surface area (Å²) in [4.78, 5) is 42.2. The number of carbonyl (C=O) groups is 3. The second-order valence-corrected chi connectivity index (χ2v) is 9.07. The maximum Gasteiger partial charge on any atom is 0.321 e. The molecular formula is C26H33ClN4O3. The average molecular weight is 485 g/mol. The molecule has 0 saturated carbocycles. The van der Waals surface area contributed by atoms with Crippen molar-refractivity contribution in [3.05, 3.63) is 64.7 Å². The Kier molecular flexibility index (Phi) is 8.93. The zero-order valence-electron chi connectivity index (χ0n) is 20.0. The number of amides is 4. The number of benzene rings is 2. The Bertz CT molecular complexity index is 986. The number of nitrogens with zero attached hydrogens (tertiary/aromatic N) is 2. The SMILES string of the molecule is CCc1ccc(C(=O)NC(C(=O)N2CCN(C(=O)Nc3ccc(Cl)cc3)CC2)C(C)CC)cc1. The van der Waals surface area contributed by atoms with Crippen LogP contribution in [0.5, 0.6) is 0 Å². The average Bonchev–Trinajstić information content (AvgIpc) is 2.87. The zero-order chi connectivity index (χ0) is 24.7. The molecule has 0 spiro atoms. The summed E-state index contributed by atoms with van der Waals surface area (Å²) in [6.45, 7) is 7.72. The van der Waals surface area contributed by atoms with E-state index in [2.05, 4.69) is 17.6 Å². The van der Waals surface area contributed by atoms with Crippen LogP contribution in [0.3, 0.4) is 0 Å². The number of halogens is 1. The zero-order valence-corrected chi connectivity index (χ0v) is 20.8. The molecule has 1 heterocycles. The monoisotopic (exact) mass is 484 g/mol. The maximum absolute atomic E-state index is 13.3. The summed E-state index contributed by atoms with van der Waals surface area (Å²) in [7, 11) is 0. The molecule has 2 unspecified atom stereocenters. The van der Waals surface area contributed by atoms with Gasteiger partial charge in [0, 0.05) is 42.5 Å². The third-order valence-electron chi connectivity index (χ3n) is 6.36. The smallest absolute Gasteiger partial charge is 0.321 e. The first-order chi connectivity index (χ1) is 16.3. The number of carbonyl (C=O) groups excluding carboxylic acids is 3. The van der Waals surface area contributed by atoms with Crippen molar-refractivity contribution in [2.75, 3.05) is 31.5 Å². The van der Waals surface area contributed by atoms with E-state index < -0.39 is 6.04 Å². The van der Waals surface area contributed by atoms with E-state index in [4.69, 9.17) is 11.6 Å². The van der Waals surface area contributed by atoms with Crippen LogP contribution in [0.15, 0.2) is 48.5 Å². The van der Waals surface area contributed by atoms with Gasteiger partial charge >= 0.3 is 6.03 Å². The van der Waals surface area contributed by atoms with Gasteiger partial charge in [0.05, 0.1) is 0 Å². The van der Waals surface area contributed by atoms with Crippen LogP contribution in [-0.4, -0.2) is 59.9 Å². The first-order valence-electron chi connectivity index (χ1n) is 11.8. The Morgan fingerprint density at radius 2 is 1.50 bits per heavy atom. The highest BCUT2D eigenvalue weighted by Crippen LogP contribution is 2.17.